The molecule has 0 spiro atoms. The molecular formula is C14H17FN2OS2. The van der Waals surface area contributed by atoms with E-state index in [1.54, 1.807) is 12.1 Å². The van der Waals surface area contributed by atoms with Gasteiger partial charge in [-0.2, -0.15) is 0 Å². The van der Waals surface area contributed by atoms with Crippen LogP contribution in [0.4, 0.5) is 10.1 Å². The Kier molecular flexibility index (Phi) is 5.37. The van der Waals surface area contributed by atoms with Gasteiger partial charge < -0.3 is 10.2 Å². The molecule has 0 unspecified atom stereocenters. The molecule has 0 aliphatic carbocycles. The molecule has 0 radical (unpaired) electrons. The molecule has 0 bridgehead atoms. The maximum atomic E-state index is 12.8. The molecule has 1 aromatic rings. The first-order chi connectivity index (χ1) is 9.56. The van der Waals surface area contributed by atoms with Gasteiger partial charge in [-0.3, -0.25) is 4.79 Å². The Morgan fingerprint density at radius 2 is 1.95 bits per heavy atom. The third-order valence-electron chi connectivity index (χ3n) is 3.12. The van der Waals surface area contributed by atoms with E-state index >= 15 is 0 Å². The minimum atomic E-state index is -0.319. The summed E-state index contributed by atoms with van der Waals surface area (Å²) in [5.74, 6) is -0.441. The van der Waals surface area contributed by atoms with Crippen molar-refractivity contribution in [1.29, 1.82) is 0 Å². The quantitative estimate of drug-likeness (QED) is 0.868. The van der Waals surface area contributed by atoms with Gasteiger partial charge in [-0.1, -0.05) is 24.0 Å². The van der Waals surface area contributed by atoms with Crippen LogP contribution in [0, 0.1) is 5.82 Å². The third kappa shape index (κ3) is 4.18. The number of halogens is 1. The summed E-state index contributed by atoms with van der Waals surface area (Å²) in [7, 11) is 0. The summed E-state index contributed by atoms with van der Waals surface area (Å²) in [6.45, 7) is 3.79. The minimum absolute atomic E-state index is 0.122. The van der Waals surface area contributed by atoms with Gasteiger partial charge in [0.25, 0.3) is 0 Å². The summed E-state index contributed by atoms with van der Waals surface area (Å²) in [5.41, 5.74) is 0.593. The predicted molar refractivity (Wildman–Crippen MR) is 85.5 cm³/mol. The van der Waals surface area contributed by atoms with Crippen LogP contribution in [0.3, 0.4) is 0 Å². The van der Waals surface area contributed by atoms with Crippen molar-refractivity contribution in [2.75, 3.05) is 18.4 Å². The highest BCUT2D eigenvalue weighted by atomic mass is 32.2. The van der Waals surface area contributed by atoms with Crippen molar-refractivity contribution in [2.24, 2.45) is 0 Å². The number of benzene rings is 1. The molecule has 1 amide bonds. The standard InChI is InChI=1S/C14H17FN2OS2/c1-10(20-14(19)17-8-2-3-9-17)13(18)16-12-6-4-11(15)5-7-12/h4-7,10H,2-3,8-9H2,1H3,(H,16,18)/t10-/m0/s1. The second-order valence-corrected chi connectivity index (χ2v) is 6.69. The van der Waals surface area contributed by atoms with Crippen molar-refractivity contribution in [2.45, 2.75) is 25.0 Å². The molecule has 2 rings (SSSR count). The monoisotopic (exact) mass is 312 g/mol. The number of likely N-dealkylation sites (tertiary alicyclic amines) is 1. The van der Waals surface area contributed by atoms with Gasteiger partial charge in [-0.25, -0.2) is 4.39 Å². The molecule has 1 aromatic carbocycles. The van der Waals surface area contributed by atoms with E-state index in [0.29, 0.717) is 5.69 Å². The van der Waals surface area contributed by atoms with Crippen molar-refractivity contribution < 1.29 is 9.18 Å². The maximum Gasteiger partial charge on any atom is 0.237 e. The zero-order chi connectivity index (χ0) is 14.5. The molecule has 0 aromatic heterocycles. The van der Waals surface area contributed by atoms with Crippen molar-refractivity contribution >= 4 is 39.9 Å². The lowest BCUT2D eigenvalue weighted by atomic mass is 10.3. The molecule has 1 fully saturated rings. The summed E-state index contributed by atoms with van der Waals surface area (Å²) in [6, 6.07) is 5.73. The normalized spacial score (nSPS) is 16.0. The molecule has 1 aliphatic heterocycles. The number of hydrogen-bond acceptors (Lipinski definition) is 3. The number of thioether (sulfide) groups is 1. The predicted octanol–water partition coefficient (Wildman–Crippen LogP) is 3.27. The van der Waals surface area contributed by atoms with Crippen molar-refractivity contribution in [3.8, 4) is 0 Å². The largest absolute Gasteiger partial charge is 0.358 e. The van der Waals surface area contributed by atoms with Gasteiger partial charge in [0.1, 0.15) is 10.1 Å². The van der Waals surface area contributed by atoms with E-state index in [9.17, 15) is 9.18 Å². The number of nitrogens with one attached hydrogen (secondary N) is 1. The first-order valence-corrected chi connectivity index (χ1v) is 7.87. The van der Waals surface area contributed by atoms with Crippen molar-refractivity contribution in [3.63, 3.8) is 0 Å². The van der Waals surface area contributed by atoms with Crippen molar-refractivity contribution in [3.05, 3.63) is 30.1 Å². The molecular weight excluding hydrogens is 295 g/mol. The minimum Gasteiger partial charge on any atom is -0.358 e. The Hall–Kier alpha value is -1.14. The number of thiocarbonyl (C=S) groups is 1. The summed E-state index contributed by atoms with van der Waals surface area (Å²) < 4.78 is 13.6. The number of anilines is 1. The second kappa shape index (κ2) is 7.04. The number of rotatable bonds is 3. The van der Waals surface area contributed by atoms with E-state index in [4.69, 9.17) is 12.2 Å². The molecule has 0 saturated carbocycles. The first-order valence-electron chi connectivity index (χ1n) is 6.58. The number of hydrogen-bond donors (Lipinski definition) is 1. The fraction of sp³-hybridized carbons (Fsp3) is 0.429. The van der Waals surface area contributed by atoms with Crippen molar-refractivity contribution in [1.82, 2.24) is 4.90 Å². The summed E-state index contributed by atoms with van der Waals surface area (Å²) in [6.07, 6.45) is 2.33. The molecule has 6 heteroatoms. The van der Waals surface area contributed by atoms with Crippen LogP contribution in [-0.2, 0) is 4.79 Å². The average molecular weight is 312 g/mol. The lowest BCUT2D eigenvalue weighted by molar-refractivity contribution is -0.115. The van der Waals surface area contributed by atoms with E-state index in [2.05, 4.69) is 10.2 Å². The molecule has 1 heterocycles. The summed E-state index contributed by atoms with van der Waals surface area (Å²) >= 11 is 6.75. The fourth-order valence-corrected chi connectivity index (χ4v) is 3.37. The van der Waals surface area contributed by atoms with Gasteiger partial charge in [0, 0.05) is 18.8 Å². The fourth-order valence-electron chi connectivity index (χ4n) is 1.96. The topological polar surface area (TPSA) is 32.3 Å². The molecule has 1 saturated heterocycles. The van der Waals surface area contributed by atoms with Crippen LogP contribution >= 0.6 is 24.0 Å². The summed E-state index contributed by atoms with van der Waals surface area (Å²) in [5, 5.41) is 2.49. The van der Waals surface area contributed by atoms with Gasteiger partial charge in [0.05, 0.1) is 5.25 Å². The summed E-state index contributed by atoms with van der Waals surface area (Å²) in [4.78, 5) is 14.2. The number of carbonyl (C=O) groups is 1. The van der Waals surface area contributed by atoms with Crippen LogP contribution < -0.4 is 5.32 Å². The van der Waals surface area contributed by atoms with Gasteiger partial charge in [-0.05, 0) is 44.0 Å². The molecule has 20 heavy (non-hydrogen) atoms. The van der Waals surface area contributed by atoms with Crippen LogP contribution in [0.25, 0.3) is 0 Å². The lowest BCUT2D eigenvalue weighted by Gasteiger charge is -2.20. The number of nitrogens with zero attached hydrogens (tertiary/aromatic N) is 1. The average Bonchev–Trinajstić information content (AvgIpc) is 2.95. The highest BCUT2D eigenvalue weighted by Gasteiger charge is 2.21. The molecule has 108 valence electrons. The number of amides is 1. The van der Waals surface area contributed by atoms with Crippen LogP contribution in [-0.4, -0.2) is 33.5 Å². The Morgan fingerprint density at radius 1 is 1.35 bits per heavy atom. The molecule has 1 aliphatic rings. The maximum absolute atomic E-state index is 12.8. The van der Waals surface area contributed by atoms with Gasteiger partial charge in [-0.15, -0.1) is 0 Å². The SMILES string of the molecule is C[C@H](SC(=S)N1CCCC1)C(=O)Nc1ccc(F)cc1. The van der Waals surface area contributed by atoms with Gasteiger partial charge >= 0.3 is 0 Å². The van der Waals surface area contributed by atoms with Gasteiger partial charge in [0.15, 0.2) is 0 Å². The van der Waals surface area contributed by atoms with Crippen LogP contribution in [0.1, 0.15) is 19.8 Å². The Bertz CT molecular complexity index is 486. The third-order valence-corrected chi connectivity index (χ3v) is 4.70. The van der Waals surface area contributed by atoms with E-state index in [1.165, 1.54) is 23.9 Å². The van der Waals surface area contributed by atoms with Gasteiger partial charge in [0.2, 0.25) is 5.91 Å². The smallest absolute Gasteiger partial charge is 0.237 e. The zero-order valence-electron chi connectivity index (χ0n) is 11.3. The van der Waals surface area contributed by atoms with E-state index in [0.717, 1.165) is 30.3 Å². The highest BCUT2D eigenvalue weighted by molar-refractivity contribution is 8.23. The Morgan fingerprint density at radius 3 is 2.55 bits per heavy atom. The second-order valence-electron chi connectivity index (χ2n) is 4.72. The van der Waals surface area contributed by atoms with E-state index < -0.39 is 0 Å². The zero-order valence-corrected chi connectivity index (χ0v) is 12.9. The molecule has 1 atom stereocenters. The Balaban J connectivity index is 1.85. The van der Waals surface area contributed by atoms with Crippen LogP contribution in [0.15, 0.2) is 24.3 Å². The molecule has 3 nitrogen and oxygen atoms in total. The highest BCUT2D eigenvalue weighted by Crippen LogP contribution is 2.21. The van der Waals surface area contributed by atoms with Crippen LogP contribution in [0.2, 0.25) is 0 Å². The van der Waals surface area contributed by atoms with Crippen LogP contribution in [0.5, 0.6) is 0 Å². The number of carbonyl (C=O) groups excluding carboxylic acids is 1. The first kappa shape index (κ1) is 15.3. The lowest BCUT2D eigenvalue weighted by Crippen LogP contribution is -2.29. The Labute approximate surface area is 127 Å². The van der Waals surface area contributed by atoms with E-state index in [-0.39, 0.29) is 17.0 Å². The molecule has 1 N–H and O–H groups in total. The van der Waals surface area contributed by atoms with E-state index in [1.807, 2.05) is 6.92 Å².